The third kappa shape index (κ3) is 10.7. The third-order valence-electron chi connectivity index (χ3n) is 7.84. The maximum Gasteiger partial charge on any atom is 0.410 e. The van der Waals surface area contributed by atoms with Crippen LogP contribution in [0.4, 0.5) is 15.5 Å². The molecule has 54 heavy (non-hydrogen) atoms. The number of anilines is 2. The van der Waals surface area contributed by atoms with Gasteiger partial charge < -0.3 is 35.1 Å². The first kappa shape index (κ1) is 39.6. The summed E-state index contributed by atoms with van der Waals surface area (Å²) in [6.45, 7) is 7.89. The van der Waals surface area contributed by atoms with E-state index in [1.165, 1.54) is 23.1 Å². The molecule has 1 aliphatic heterocycles. The monoisotopic (exact) mass is 770 g/mol. The number of ether oxygens (including phenoxy) is 3. The molecule has 0 saturated heterocycles. The Kier molecular flexibility index (Phi) is 13.2. The topological polar surface area (TPSA) is 152 Å². The lowest BCUT2D eigenvalue weighted by Crippen LogP contribution is -2.39. The summed E-state index contributed by atoms with van der Waals surface area (Å²) in [7, 11) is 1.54. The fourth-order valence-corrected chi connectivity index (χ4v) is 7.43. The van der Waals surface area contributed by atoms with Gasteiger partial charge in [-0.25, -0.2) is 9.59 Å². The van der Waals surface area contributed by atoms with E-state index < -0.39 is 29.5 Å². The van der Waals surface area contributed by atoms with Gasteiger partial charge >= 0.3 is 12.1 Å². The van der Waals surface area contributed by atoms with Gasteiger partial charge in [0.25, 0.3) is 11.8 Å². The normalized spacial score (nSPS) is 12.6. The first-order chi connectivity index (χ1) is 25.8. The number of hydrogen-bond donors (Lipinski definition) is 3. The minimum Gasteiger partial charge on any atom is -0.497 e. The molecule has 4 aromatic rings. The Balaban J connectivity index is 1.27. The zero-order chi connectivity index (χ0) is 38.8. The van der Waals surface area contributed by atoms with Crippen molar-refractivity contribution in [1.82, 2.24) is 10.2 Å². The number of rotatable bonds is 12. The van der Waals surface area contributed by atoms with Gasteiger partial charge in [0.1, 0.15) is 22.0 Å². The van der Waals surface area contributed by atoms with Gasteiger partial charge in [0.15, 0.2) is 0 Å². The van der Waals surface area contributed by atoms with Crippen LogP contribution < -0.4 is 20.7 Å². The van der Waals surface area contributed by atoms with Crippen LogP contribution in [0.2, 0.25) is 0 Å². The number of amides is 4. The number of carbonyl (C=O) groups is 5. The average Bonchev–Trinajstić information content (AvgIpc) is 3.50. The van der Waals surface area contributed by atoms with E-state index in [0.717, 1.165) is 10.4 Å². The fraction of sp³-hybridized carbons (Fsp3) is 0.275. The molecule has 0 saturated carbocycles. The van der Waals surface area contributed by atoms with E-state index in [1.807, 2.05) is 0 Å². The first-order valence-electron chi connectivity index (χ1n) is 17.2. The summed E-state index contributed by atoms with van der Waals surface area (Å²) in [5, 5.41) is 8.82. The molecule has 14 heteroatoms. The Morgan fingerprint density at radius 3 is 2.43 bits per heavy atom. The molecule has 4 amide bonds. The summed E-state index contributed by atoms with van der Waals surface area (Å²) in [5.41, 5.74) is 1.90. The number of carbonyl (C=O) groups excluding carboxylic acids is 5. The summed E-state index contributed by atoms with van der Waals surface area (Å²) in [6.07, 6.45) is 1.53. The molecule has 0 radical (unpaired) electrons. The van der Waals surface area contributed by atoms with Gasteiger partial charge in [-0.15, -0.1) is 23.1 Å². The minimum atomic E-state index is -0.650. The molecule has 0 atom stereocenters. The fourth-order valence-electron chi connectivity index (χ4n) is 5.41. The summed E-state index contributed by atoms with van der Waals surface area (Å²) in [5.74, 6) is -1.30. The van der Waals surface area contributed by atoms with Crippen LogP contribution in [0, 0.1) is 0 Å². The molecule has 0 aliphatic carbocycles. The number of hydrogen-bond acceptors (Lipinski definition) is 10. The van der Waals surface area contributed by atoms with Crippen LogP contribution in [0.15, 0.2) is 89.5 Å². The lowest BCUT2D eigenvalue weighted by molar-refractivity contribution is -0.114. The van der Waals surface area contributed by atoms with Gasteiger partial charge in [0, 0.05) is 27.6 Å². The van der Waals surface area contributed by atoms with Crippen molar-refractivity contribution >= 4 is 69.6 Å². The maximum absolute atomic E-state index is 13.6. The van der Waals surface area contributed by atoms with Crippen molar-refractivity contribution in [2.45, 2.75) is 51.2 Å². The maximum atomic E-state index is 13.6. The molecular weight excluding hydrogens is 729 g/mol. The number of nitrogens with one attached hydrogen (secondary N) is 3. The standard InChI is InChI=1S/C40H42N4O8S2/c1-6-51-38(48)34-30-18-19-44(39(49)52-40(2,3)4)23-32(30)54-37(34)43-33(45)24-53-29-17-11-15-27(22-29)41-36(47)31(21-25-12-10-16-28(20-25)50-5)42-35(46)26-13-8-7-9-14-26/h7-17,20-22H,6,18-19,23-24H2,1-5H3,(H,41,47)(H,42,46)(H,43,45)/b31-21-. The Bertz CT molecular complexity index is 2060. The summed E-state index contributed by atoms with van der Waals surface area (Å²) < 4.78 is 16.2. The highest BCUT2D eigenvalue weighted by Gasteiger charge is 2.32. The van der Waals surface area contributed by atoms with Crippen molar-refractivity contribution in [2.75, 3.05) is 36.6 Å². The van der Waals surface area contributed by atoms with E-state index in [1.54, 1.807) is 125 Å². The lowest BCUT2D eigenvalue weighted by Gasteiger charge is -2.30. The number of methoxy groups -OCH3 is 1. The summed E-state index contributed by atoms with van der Waals surface area (Å²) in [6, 6.07) is 22.6. The van der Waals surface area contributed by atoms with Crippen molar-refractivity contribution in [3.63, 3.8) is 0 Å². The molecule has 0 bridgehead atoms. The van der Waals surface area contributed by atoms with Crippen LogP contribution in [-0.4, -0.2) is 66.3 Å². The zero-order valence-electron chi connectivity index (χ0n) is 30.6. The molecule has 1 aliphatic rings. The van der Waals surface area contributed by atoms with Gasteiger partial charge in [0.05, 0.1) is 31.6 Å². The molecule has 282 valence electrons. The van der Waals surface area contributed by atoms with E-state index in [9.17, 15) is 24.0 Å². The van der Waals surface area contributed by atoms with Crippen LogP contribution in [0.25, 0.3) is 6.08 Å². The zero-order valence-corrected chi connectivity index (χ0v) is 32.3. The molecular formula is C40H42N4O8S2. The second-order valence-corrected chi connectivity index (χ2v) is 15.2. The van der Waals surface area contributed by atoms with Crippen molar-refractivity contribution in [2.24, 2.45) is 0 Å². The number of thioether (sulfide) groups is 1. The van der Waals surface area contributed by atoms with Crippen molar-refractivity contribution in [3.05, 3.63) is 112 Å². The molecule has 3 aromatic carbocycles. The van der Waals surface area contributed by atoms with Crippen molar-refractivity contribution < 1.29 is 38.2 Å². The smallest absolute Gasteiger partial charge is 0.410 e. The van der Waals surface area contributed by atoms with Crippen LogP contribution >= 0.6 is 23.1 Å². The first-order valence-corrected chi connectivity index (χ1v) is 19.0. The minimum absolute atomic E-state index is 0.000388. The SMILES string of the molecule is CCOC(=O)c1c(NC(=O)CSc2cccc(NC(=O)/C(=C/c3cccc(OC)c3)NC(=O)c3ccccc3)c2)sc2c1CCN(C(=O)OC(C)(C)C)C2. The molecule has 12 nitrogen and oxygen atoms in total. The number of thiophene rings is 1. The largest absolute Gasteiger partial charge is 0.497 e. The van der Waals surface area contributed by atoms with E-state index in [4.69, 9.17) is 14.2 Å². The number of fused-ring (bicyclic) bond motifs is 1. The second kappa shape index (κ2) is 18.0. The predicted octanol–water partition coefficient (Wildman–Crippen LogP) is 7.37. The summed E-state index contributed by atoms with van der Waals surface area (Å²) in [4.78, 5) is 68.8. The number of esters is 1. The Hall–Kier alpha value is -5.60. The molecule has 0 unspecified atom stereocenters. The second-order valence-electron chi connectivity index (χ2n) is 13.1. The van der Waals surface area contributed by atoms with Gasteiger partial charge in [-0.2, -0.15) is 0 Å². The highest BCUT2D eigenvalue weighted by Crippen LogP contribution is 2.38. The van der Waals surface area contributed by atoms with Crippen LogP contribution in [-0.2, 0) is 32.0 Å². The van der Waals surface area contributed by atoms with Gasteiger partial charge in [0.2, 0.25) is 5.91 Å². The highest BCUT2D eigenvalue weighted by atomic mass is 32.2. The summed E-state index contributed by atoms with van der Waals surface area (Å²) >= 11 is 2.48. The molecule has 0 spiro atoms. The van der Waals surface area contributed by atoms with Crippen LogP contribution in [0.3, 0.4) is 0 Å². The Labute approximate surface area is 322 Å². The molecule has 3 N–H and O–H groups in total. The quantitative estimate of drug-likeness (QED) is 0.0762. The predicted molar refractivity (Wildman–Crippen MR) is 210 cm³/mol. The Morgan fingerprint density at radius 2 is 1.70 bits per heavy atom. The van der Waals surface area contributed by atoms with E-state index in [2.05, 4.69) is 16.0 Å². The van der Waals surface area contributed by atoms with E-state index >= 15 is 0 Å². The molecule has 1 aromatic heterocycles. The van der Waals surface area contributed by atoms with Gasteiger partial charge in [-0.1, -0.05) is 36.4 Å². The van der Waals surface area contributed by atoms with E-state index in [0.29, 0.717) is 51.0 Å². The van der Waals surface area contributed by atoms with E-state index in [-0.39, 0.29) is 30.5 Å². The van der Waals surface area contributed by atoms with Crippen LogP contribution in [0.5, 0.6) is 5.75 Å². The van der Waals surface area contributed by atoms with Crippen LogP contribution in [0.1, 0.15) is 64.4 Å². The highest BCUT2D eigenvalue weighted by molar-refractivity contribution is 8.00. The number of nitrogens with zero attached hydrogens (tertiary/aromatic N) is 1. The average molecular weight is 771 g/mol. The third-order valence-corrected chi connectivity index (χ3v) is 9.96. The van der Waals surface area contributed by atoms with Gasteiger partial charge in [-0.3, -0.25) is 14.4 Å². The van der Waals surface area contributed by atoms with Crippen molar-refractivity contribution in [3.8, 4) is 5.75 Å². The molecule has 2 heterocycles. The molecule has 5 rings (SSSR count). The van der Waals surface area contributed by atoms with Crippen molar-refractivity contribution in [1.29, 1.82) is 0 Å². The molecule has 0 fully saturated rings. The van der Waals surface area contributed by atoms with Gasteiger partial charge in [-0.05, 0) is 93.8 Å². The lowest BCUT2D eigenvalue weighted by atomic mass is 10.0. The number of benzene rings is 3. The Morgan fingerprint density at radius 1 is 0.944 bits per heavy atom.